The van der Waals surface area contributed by atoms with Gasteiger partial charge in [0.05, 0.1) is 0 Å². The molecule has 1 heterocycles. The molecule has 1 fully saturated rings. The molecule has 1 unspecified atom stereocenters. The van der Waals surface area contributed by atoms with Crippen LogP contribution in [0, 0.1) is 5.41 Å². The summed E-state index contributed by atoms with van der Waals surface area (Å²) in [5, 5.41) is 3.60. The summed E-state index contributed by atoms with van der Waals surface area (Å²) < 4.78 is 0. The van der Waals surface area contributed by atoms with Crippen LogP contribution < -0.4 is 16.6 Å². The van der Waals surface area contributed by atoms with E-state index < -0.39 is 0 Å². The lowest BCUT2D eigenvalue weighted by Crippen LogP contribution is -2.39. The van der Waals surface area contributed by atoms with Gasteiger partial charge in [-0.3, -0.25) is 0 Å². The van der Waals surface area contributed by atoms with Crippen LogP contribution in [0.1, 0.15) is 58.7 Å². The molecule has 1 atom stereocenters. The monoisotopic (exact) mass is 277 g/mol. The van der Waals surface area contributed by atoms with E-state index >= 15 is 0 Å². The first-order chi connectivity index (χ1) is 9.55. The SMILES string of the molecule is CCCc1nc(NN)cc(NC2CCCCC2(C)C)n1. The summed E-state index contributed by atoms with van der Waals surface area (Å²) in [7, 11) is 0. The molecule has 0 amide bonds. The maximum absolute atomic E-state index is 5.50. The van der Waals surface area contributed by atoms with Crippen LogP contribution in [-0.2, 0) is 6.42 Å². The first kappa shape index (κ1) is 15.0. The summed E-state index contributed by atoms with van der Waals surface area (Å²) in [4.78, 5) is 9.00. The Hall–Kier alpha value is -1.36. The van der Waals surface area contributed by atoms with E-state index in [9.17, 15) is 0 Å². The van der Waals surface area contributed by atoms with Gasteiger partial charge in [-0.15, -0.1) is 0 Å². The minimum absolute atomic E-state index is 0.310. The predicted molar refractivity (Wildman–Crippen MR) is 83.5 cm³/mol. The normalized spacial score (nSPS) is 21.5. The van der Waals surface area contributed by atoms with E-state index in [4.69, 9.17) is 5.84 Å². The molecule has 1 saturated carbocycles. The third-order valence-electron chi connectivity index (χ3n) is 4.22. The maximum atomic E-state index is 5.50. The number of anilines is 2. The Morgan fingerprint density at radius 2 is 2.05 bits per heavy atom. The van der Waals surface area contributed by atoms with Crippen molar-refractivity contribution >= 4 is 11.6 Å². The van der Waals surface area contributed by atoms with Gasteiger partial charge in [-0.2, -0.15) is 0 Å². The summed E-state index contributed by atoms with van der Waals surface area (Å²) in [6.07, 6.45) is 6.98. The van der Waals surface area contributed by atoms with Gasteiger partial charge in [-0.05, 0) is 24.7 Å². The molecule has 1 aliphatic rings. The molecule has 1 aromatic rings. The summed E-state index contributed by atoms with van der Waals surface area (Å²) in [6, 6.07) is 2.36. The van der Waals surface area contributed by atoms with Gasteiger partial charge >= 0.3 is 0 Å². The number of hydrogen-bond donors (Lipinski definition) is 3. The number of aryl methyl sites for hydroxylation is 1. The van der Waals surface area contributed by atoms with Gasteiger partial charge in [0.15, 0.2) is 0 Å². The zero-order chi connectivity index (χ0) is 14.6. The number of rotatable bonds is 5. The molecule has 0 aliphatic heterocycles. The van der Waals surface area contributed by atoms with E-state index in [-0.39, 0.29) is 0 Å². The second-order valence-corrected chi connectivity index (χ2v) is 6.38. The lowest BCUT2D eigenvalue weighted by Gasteiger charge is -2.39. The largest absolute Gasteiger partial charge is 0.367 e. The average Bonchev–Trinajstić information content (AvgIpc) is 2.41. The van der Waals surface area contributed by atoms with Crippen LogP contribution in [-0.4, -0.2) is 16.0 Å². The molecule has 1 aromatic heterocycles. The highest BCUT2D eigenvalue weighted by molar-refractivity contribution is 5.47. The number of nitrogens with one attached hydrogen (secondary N) is 2. The van der Waals surface area contributed by atoms with Crippen molar-refractivity contribution in [2.75, 3.05) is 10.7 Å². The van der Waals surface area contributed by atoms with E-state index in [1.807, 2.05) is 6.07 Å². The van der Waals surface area contributed by atoms with Gasteiger partial charge in [0.2, 0.25) is 0 Å². The minimum atomic E-state index is 0.310. The molecule has 0 bridgehead atoms. The smallest absolute Gasteiger partial charge is 0.145 e. The van der Waals surface area contributed by atoms with Gasteiger partial charge in [0, 0.05) is 18.5 Å². The number of hydrogen-bond acceptors (Lipinski definition) is 5. The summed E-state index contributed by atoms with van der Waals surface area (Å²) in [6.45, 7) is 6.80. The first-order valence-electron chi connectivity index (χ1n) is 7.66. The van der Waals surface area contributed by atoms with Gasteiger partial charge in [0.1, 0.15) is 17.5 Å². The van der Waals surface area contributed by atoms with Crippen LogP contribution in [0.2, 0.25) is 0 Å². The van der Waals surface area contributed by atoms with Crippen LogP contribution in [0.25, 0.3) is 0 Å². The standard InChI is InChI=1S/C15H27N5/c1-4-7-12-18-13(10-14(19-12)20-16)17-11-8-5-6-9-15(11,2)3/h10-11H,4-9,16H2,1-3H3,(H2,17,18,19,20). The third kappa shape index (κ3) is 3.60. The first-order valence-corrected chi connectivity index (χ1v) is 7.66. The Morgan fingerprint density at radius 1 is 1.30 bits per heavy atom. The fourth-order valence-corrected chi connectivity index (χ4v) is 2.92. The molecular formula is C15H27N5. The van der Waals surface area contributed by atoms with Crippen molar-refractivity contribution in [3.63, 3.8) is 0 Å². The van der Waals surface area contributed by atoms with Crippen molar-refractivity contribution in [3.8, 4) is 0 Å². The second-order valence-electron chi connectivity index (χ2n) is 6.38. The van der Waals surface area contributed by atoms with Crippen molar-refractivity contribution in [2.45, 2.75) is 65.3 Å². The molecule has 0 radical (unpaired) electrons. The van der Waals surface area contributed by atoms with Crippen LogP contribution >= 0.6 is 0 Å². The van der Waals surface area contributed by atoms with E-state index in [1.54, 1.807) is 0 Å². The quantitative estimate of drug-likeness (QED) is 0.569. The second kappa shape index (κ2) is 6.39. The van der Waals surface area contributed by atoms with E-state index in [1.165, 1.54) is 25.7 Å². The van der Waals surface area contributed by atoms with Gasteiger partial charge in [0.25, 0.3) is 0 Å². The summed E-state index contributed by atoms with van der Waals surface area (Å²) in [5.41, 5.74) is 2.94. The van der Waals surface area contributed by atoms with Crippen molar-refractivity contribution in [3.05, 3.63) is 11.9 Å². The summed E-state index contributed by atoms with van der Waals surface area (Å²) >= 11 is 0. The molecule has 5 heteroatoms. The fourth-order valence-electron chi connectivity index (χ4n) is 2.92. The maximum Gasteiger partial charge on any atom is 0.145 e. The van der Waals surface area contributed by atoms with Crippen molar-refractivity contribution in [1.82, 2.24) is 9.97 Å². The Kier molecular flexibility index (Phi) is 4.81. The fraction of sp³-hybridized carbons (Fsp3) is 0.733. The number of nitrogen functional groups attached to an aromatic ring is 1. The van der Waals surface area contributed by atoms with E-state index in [0.717, 1.165) is 24.5 Å². The zero-order valence-corrected chi connectivity index (χ0v) is 12.9. The molecule has 0 spiro atoms. The van der Waals surface area contributed by atoms with Crippen LogP contribution in [0.5, 0.6) is 0 Å². The number of hydrazine groups is 1. The highest BCUT2D eigenvalue weighted by atomic mass is 15.3. The molecular weight excluding hydrogens is 250 g/mol. The molecule has 5 nitrogen and oxygen atoms in total. The minimum Gasteiger partial charge on any atom is -0.367 e. The van der Waals surface area contributed by atoms with Crippen LogP contribution in [0.3, 0.4) is 0 Å². The number of nitrogens with zero attached hydrogens (tertiary/aromatic N) is 2. The molecule has 0 aromatic carbocycles. The van der Waals surface area contributed by atoms with Crippen molar-refractivity contribution < 1.29 is 0 Å². The van der Waals surface area contributed by atoms with Crippen molar-refractivity contribution in [1.29, 1.82) is 0 Å². The molecule has 4 N–H and O–H groups in total. The van der Waals surface area contributed by atoms with Crippen molar-refractivity contribution in [2.24, 2.45) is 11.3 Å². The van der Waals surface area contributed by atoms with Crippen LogP contribution in [0.15, 0.2) is 6.07 Å². The highest BCUT2D eigenvalue weighted by Crippen LogP contribution is 2.37. The average molecular weight is 277 g/mol. The Bertz CT molecular complexity index is 444. The van der Waals surface area contributed by atoms with Gasteiger partial charge in [-0.1, -0.05) is 33.6 Å². The number of aromatic nitrogens is 2. The molecule has 1 aliphatic carbocycles. The zero-order valence-electron chi connectivity index (χ0n) is 12.9. The van der Waals surface area contributed by atoms with Gasteiger partial charge in [-0.25, -0.2) is 15.8 Å². The Labute approximate surface area is 121 Å². The highest BCUT2D eigenvalue weighted by Gasteiger charge is 2.32. The topological polar surface area (TPSA) is 75.9 Å². The molecule has 2 rings (SSSR count). The lowest BCUT2D eigenvalue weighted by molar-refractivity contribution is 0.216. The number of nitrogens with two attached hydrogens (primary N) is 1. The van der Waals surface area contributed by atoms with E-state index in [2.05, 4.69) is 41.5 Å². The summed E-state index contributed by atoms with van der Waals surface area (Å²) in [5.74, 6) is 7.91. The Morgan fingerprint density at radius 3 is 2.70 bits per heavy atom. The molecule has 112 valence electrons. The molecule has 20 heavy (non-hydrogen) atoms. The molecule has 0 saturated heterocycles. The predicted octanol–water partition coefficient (Wildman–Crippen LogP) is 3.10. The van der Waals surface area contributed by atoms with E-state index in [0.29, 0.717) is 17.3 Å². The third-order valence-corrected chi connectivity index (χ3v) is 4.22. The van der Waals surface area contributed by atoms with Gasteiger partial charge < -0.3 is 10.7 Å². The van der Waals surface area contributed by atoms with Crippen LogP contribution in [0.4, 0.5) is 11.6 Å². The Balaban J connectivity index is 2.17. The lowest BCUT2D eigenvalue weighted by atomic mass is 9.73.